The second kappa shape index (κ2) is 21.0. The molecule has 0 N–H and O–H groups in total. The number of hydrogen-bond acceptors (Lipinski definition) is 9. The molecule has 0 aromatic rings. The third-order valence-corrected chi connectivity index (χ3v) is 17.9. The van der Waals surface area contributed by atoms with Gasteiger partial charge in [-0.3, -0.25) is 19.3 Å². The minimum Gasteiger partial charge on any atom is -0.407 e. The van der Waals surface area contributed by atoms with Crippen LogP contribution in [0.15, 0.2) is 71.1 Å². The number of ketones is 2. The van der Waals surface area contributed by atoms with Gasteiger partial charge in [-0.05, 0) is 68.8 Å². The summed E-state index contributed by atoms with van der Waals surface area (Å²) in [5.41, 5.74) is 2.30. The van der Waals surface area contributed by atoms with E-state index in [4.69, 9.17) is 23.4 Å². The molecular weight excluding hydrogens is 753 g/mol. The number of likely N-dealkylation sites (tertiary alicyclic amines) is 1. The molecule has 320 valence electrons. The van der Waals surface area contributed by atoms with E-state index in [9.17, 15) is 14.4 Å². The van der Waals surface area contributed by atoms with Crippen molar-refractivity contribution in [2.45, 2.75) is 136 Å². The Hall–Kier alpha value is -2.72. The fourth-order valence-corrected chi connectivity index (χ4v) is 9.17. The van der Waals surface area contributed by atoms with Gasteiger partial charge in [0.05, 0.1) is 36.3 Å². The highest BCUT2D eigenvalue weighted by Crippen LogP contribution is 2.39. The summed E-state index contributed by atoms with van der Waals surface area (Å²) in [7, 11) is -0.392. The highest BCUT2D eigenvalue weighted by molar-refractivity contribution is 6.76. The maximum Gasteiger partial charge on any atom is 0.255 e. The average molecular weight is 827 g/mol. The molecule has 6 atom stereocenters. The quantitative estimate of drug-likeness (QED) is 0.0782. The molecular formula is C45H74N2O8Si2. The lowest BCUT2D eigenvalue weighted by Crippen LogP contribution is -2.47. The highest BCUT2D eigenvalue weighted by atomic mass is 28.4. The smallest absolute Gasteiger partial charge is 0.255 e. The Kier molecular flexibility index (Phi) is 17.9. The highest BCUT2D eigenvalue weighted by Gasteiger charge is 2.42. The van der Waals surface area contributed by atoms with Crippen LogP contribution in [0.25, 0.3) is 0 Å². The molecule has 2 heterocycles. The minimum atomic E-state index is -2.31. The largest absolute Gasteiger partial charge is 0.407 e. The van der Waals surface area contributed by atoms with Crippen LogP contribution in [-0.4, -0.2) is 115 Å². The van der Waals surface area contributed by atoms with Gasteiger partial charge in [0, 0.05) is 65.1 Å². The van der Waals surface area contributed by atoms with E-state index >= 15 is 0 Å². The van der Waals surface area contributed by atoms with Gasteiger partial charge in [-0.15, -0.1) is 6.58 Å². The Morgan fingerprint density at radius 3 is 2.21 bits per heavy atom. The van der Waals surface area contributed by atoms with Crippen LogP contribution in [-0.2, 0) is 37.8 Å². The Labute approximate surface area is 346 Å². The summed E-state index contributed by atoms with van der Waals surface area (Å²) in [5.74, 6) is -1.18. The third kappa shape index (κ3) is 13.1. The van der Waals surface area contributed by atoms with Crippen LogP contribution in [0.2, 0.25) is 43.8 Å². The topological polar surface area (TPSA) is 104 Å². The molecule has 3 aliphatic rings. The number of fused-ring (bicyclic) bond motifs is 2. The van der Waals surface area contributed by atoms with Crippen LogP contribution in [0.1, 0.15) is 67.7 Å². The number of amides is 1. The van der Waals surface area contributed by atoms with E-state index in [-0.39, 0.29) is 53.1 Å². The molecule has 3 rings (SSSR count). The maximum atomic E-state index is 14.7. The lowest BCUT2D eigenvalue weighted by Gasteiger charge is -2.41. The molecule has 1 fully saturated rings. The molecule has 2 bridgehead atoms. The van der Waals surface area contributed by atoms with E-state index in [2.05, 4.69) is 86.9 Å². The number of hydrogen-bond donors (Lipinski definition) is 0. The van der Waals surface area contributed by atoms with Gasteiger partial charge in [-0.2, -0.15) is 0 Å². The van der Waals surface area contributed by atoms with Crippen LogP contribution >= 0.6 is 0 Å². The van der Waals surface area contributed by atoms with E-state index in [0.717, 1.165) is 18.0 Å². The number of carbonyl (C=O) groups is 3. The van der Waals surface area contributed by atoms with Crippen LogP contribution in [0.4, 0.5) is 0 Å². The van der Waals surface area contributed by atoms with Gasteiger partial charge in [0.2, 0.25) is 11.6 Å². The van der Waals surface area contributed by atoms with Gasteiger partial charge >= 0.3 is 0 Å². The zero-order valence-electron chi connectivity index (χ0n) is 37.7. The van der Waals surface area contributed by atoms with Crippen LogP contribution in [0.3, 0.4) is 0 Å². The first-order valence-corrected chi connectivity index (χ1v) is 27.4. The molecule has 0 aromatic heterocycles. The van der Waals surface area contributed by atoms with Gasteiger partial charge in [0.1, 0.15) is 12.8 Å². The molecule has 0 unspecified atom stereocenters. The molecule has 2 aliphatic heterocycles. The first-order valence-electron chi connectivity index (χ1n) is 20.7. The first-order chi connectivity index (χ1) is 26.6. The van der Waals surface area contributed by atoms with Gasteiger partial charge in [0.25, 0.3) is 5.91 Å². The maximum absolute atomic E-state index is 14.7. The first kappa shape index (κ1) is 48.7. The minimum absolute atomic E-state index is 0.0423. The SMILES string of the molecule is C=CCO[C@H]1[C@@H](OC)C[C@H](C)CC2=C(N3CCC3)C(=O)C=C(C2=O)N(COCC[Si](C)(C)C)C(=O)/C(C)=C/C=C\[C@H](OC)[C@@H](O[Si](C)(C)C(C)(C)C)/C(C)=C/[C@@H]1C. The molecule has 0 saturated carbocycles. The summed E-state index contributed by atoms with van der Waals surface area (Å²) in [6.45, 7) is 31.9. The monoisotopic (exact) mass is 826 g/mol. The van der Waals surface area contributed by atoms with Crippen molar-refractivity contribution in [2.24, 2.45) is 11.8 Å². The lowest BCUT2D eigenvalue weighted by atomic mass is 9.84. The molecule has 1 aliphatic carbocycles. The van der Waals surface area contributed by atoms with Gasteiger partial charge in [-0.25, -0.2) is 0 Å². The summed E-state index contributed by atoms with van der Waals surface area (Å²) < 4.78 is 32.0. The number of nitrogens with zero attached hydrogens (tertiary/aromatic N) is 2. The predicted octanol–water partition coefficient (Wildman–Crippen LogP) is 8.63. The number of allylic oxidation sites excluding steroid dienone is 4. The van der Waals surface area contributed by atoms with Crippen molar-refractivity contribution in [1.82, 2.24) is 9.80 Å². The molecule has 0 aromatic carbocycles. The number of rotatable bonds is 13. The van der Waals surface area contributed by atoms with Crippen molar-refractivity contribution in [1.29, 1.82) is 0 Å². The van der Waals surface area contributed by atoms with Gasteiger partial charge < -0.3 is 28.3 Å². The molecule has 57 heavy (non-hydrogen) atoms. The zero-order chi connectivity index (χ0) is 42.9. The van der Waals surface area contributed by atoms with Crippen molar-refractivity contribution in [2.75, 3.05) is 47.3 Å². The molecule has 1 saturated heterocycles. The summed E-state index contributed by atoms with van der Waals surface area (Å²) >= 11 is 0. The fourth-order valence-electron chi connectivity index (χ4n) is 7.10. The number of carbonyl (C=O) groups excluding carboxylic acids is 3. The molecule has 0 radical (unpaired) electrons. The van der Waals surface area contributed by atoms with E-state index in [1.165, 1.54) is 11.0 Å². The summed E-state index contributed by atoms with van der Waals surface area (Å²) in [6.07, 6.45) is 11.0. The van der Waals surface area contributed by atoms with E-state index < -0.39 is 34.5 Å². The zero-order valence-corrected chi connectivity index (χ0v) is 39.7. The van der Waals surface area contributed by atoms with Crippen molar-refractivity contribution >= 4 is 33.9 Å². The van der Waals surface area contributed by atoms with Gasteiger partial charge in [-0.1, -0.05) is 84.6 Å². The normalized spacial score (nSPS) is 29.0. The van der Waals surface area contributed by atoms with Crippen molar-refractivity contribution in [3.63, 3.8) is 0 Å². The second-order valence-corrected chi connectivity index (χ2v) is 29.3. The number of Topliss-reactive ketones (excluding diaryl/α,β-unsaturated/α-hetero) is 1. The fraction of sp³-hybridized carbons (Fsp3) is 0.667. The Balaban J connectivity index is 2.25. The molecule has 0 spiro atoms. The van der Waals surface area contributed by atoms with Crippen molar-refractivity contribution < 1.29 is 37.8 Å². The molecule has 10 nitrogen and oxygen atoms in total. The lowest BCUT2D eigenvalue weighted by molar-refractivity contribution is -0.133. The number of ether oxygens (including phenoxy) is 4. The average Bonchev–Trinajstić information content (AvgIpc) is 3.09. The summed E-state index contributed by atoms with van der Waals surface area (Å²) in [4.78, 5) is 46.5. The van der Waals surface area contributed by atoms with Crippen LogP contribution < -0.4 is 0 Å². The number of methoxy groups -OCH3 is 2. The Morgan fingerprint density at radius 2 is 1.67 bits per heavy atom. The summed E-state index contributed by atoms with van der Waals surface area (Å²) in [6, 6.07) is 0.890. The third-order valence-electron chi connectivity index (χ3n) is 11.8. The van der Waals surface area contributed by atoms with E-state index in [0.29, 0.717) is 56.0 Å². The van der Waals surface area contributed by atoms with Crippen LogP contribution in [0.5, 0.6) is 0 Å². The van der Waals surface area contributed by atoms with E-state index in [1.54, 1.807) is 33.3 Å². The predicted molar refractivity (Wildman–Crippen MR) is 235 cm³/mol. The molecule has 1 amide bonds. The van der Waals surface area contributed by atoms with Crippen molar-refractivity contribution in [3.05, 3.63) is 71.1 Å². The molecule has 12 heteroatoms. The Bertz CT molecular complexity index is 1590. The summed E-state index contributed by atoms with van der Waals surface area (Å²) in [5, 5.41) is -0.0572. The van der Waals surface area contributed by atoms with Crippen LogP contribution in [0, 0.1) is 11.8 Å². The standard InChI is InChI=1S/C45H74N2O8Si2/c1-16-23-54-42-33(4)28-34(5)43(55-57(14,15)45(6,7)8)38(51-9)20-17-19-32(3)44(50)47(30-53-24-25-56(11,12)13)36-29-37(48)40(46-21-18-22-46)35(41(36)49)26-31(2)27-39(42)52-10/h16-17,19-20,28-29,31,33,38-39,42-43H,1,18,21-27,30H2,2-15H3/b20-17-,32-19+,34-28+/t31-,33+,38+,39+,42-,43+/m1/s1. The second-order valence-electron chi connectivity index (χ2n) is 18.9. The van der Waals surface area contributed by atoms with E-state index in [1.807, 2.05) is 17.1 Å². The van der Waals surface area contributed by atoms with Crippen molar-refractivity contribution in [3.8, 4) is 0 Å². The Morgan fingerprint density at radius 1 is 1.00 bits per heavy atom. The van der Waals surface area contributed by atoms with Gasteiger partial charge in [0.15, 0.2) is 8.32 Å².